The zero-order valence-electron chi connectivity index (χ0n) is 10.1. The first-order valence-corrected chi connectivity index (χ1v) is 5.30. The van der Waals surface area contributed by atoms with Gasteiger partial charge in [-0.25, -0.2) is 0 Å². The molecular formula is C14H16O2. The SMILES string of the molecule is COc1ccc(C)c2c(OC)ccc(C)c12. The van der Waals surface area contributed by atoms with Gasteiger partial charge in [-0.05, 0) is 37.1 Å². The van der Waals surface area contributed by atoms with Crippen LogP contribution < -0.4 is 9.47 Å². The molecule has 0 radical (unpaired) electrons. The molecule has 84 valence electrons. The second kappa shape index (κ2) is 4.05. The van der Waals surface area contributed by atoms with Gasteiger partial charge in [0.05, 0.1) is 14.2 Å². The Labute approximate surface area is 95.8 Å². The predicted molar refractivity (Wildman–Crippen MR) is 66.5 cm³/mol. The minimum Gasteiger partial charge on any atom is -0.496 e. The van der Waals surface area contributed by atoms with Crippen LogP contribution in [0, 0.1) is 13.8 Å². The molecule has 16 heavy (non-hydrogen) atoms. The van der Waals surface area contributed by atoms with E-state index in [4.69, 9.17) is 9.47 Å². The second-order valence-electron chi connectivity index (χ2n) is 3.92. The van der Waals surface area contributed by atoms with Gasteiger partial charge in [0.2, 0.25) is 0 Å². The maximum Gasteiger partial charge on any atom is 0.127 e. The van der Waals surface area contributed by atoms with Gasteiger partial charge in [-0.3, -0.25) is 0 Å². The fraction of sp³-hybridized carbons (Fsp3) is 0.286. The highest BCUT2D eigenvalue weighted by Crippen LogP contribution is 2.36. The number of methoxy groups -OCH3 is 2. The van der Waals surface area contributed by atoms with E-state index < -0.39 is 0 Å². The van der Waals surface area contributed by atoms with Gasteiger partial charge in [0.25, 0.3) is 0 Å². The molecule has 2 aromatic rings. The Morgan fingerprint density at radius 2 is 1.06 bits per heavy atom. The van der Waals surface area contributed by atoms with Gasteiger partial charge in [-0.1, -0.05) is 12.1 Å². The van der Waals surface area contributed by atoms with E-state index in [0.717, 1.165) is 22.3 Å². The van der Waals surface area contributed by atoms with Crippen LogP contribution in [0.15, 0.2) is 24.3 Å². The summed E-state index contributed by atoms with van der Waals surface area (Å²) in [5.74, 6) is 1.80. The highest BCUT2D eigenvalue weighted by atomic mass is 16.5. The Hall–Kier alpha value is -1.70. The molecule has 0 saturated carbocycles. The minimum atomic E-state index is 0.900. The molecule has 0 fully saturated rings. The van der Waals surface area contributed by atoms with Gasteiger partial charge in [0.1, 0.15) is 11.5 Å². The molecule has 0 aliphatic heterocycles. The molecule has 0 amide bonds. The molecule has 0 saturated heterocycles. The molecule has 0 unspecified atom stereocenters. The Bertz CT molecular complexity index is 480. The summed E-state index contributed by atoms with van der Waals surface area (Å²) in [5.41, 5.74) is 2.41. The summed E-state index contributed by atoms with van der Waals surface area (Å²) in [7, 11) is 3.39. The third kappa shape index (κ3) is 1.51. The summed E-state index contributed by atoms with van der Waals surface area (Å²) < 4.78 is 10.8. The van der Waals surface area contributed by atoms with Crippen molar-refractivity contribution >= 4 is 10.8 Å². The third-order valence-corrected chi connectivity index (χ3v) is 2.94. The maximum atomic E-state index is 5.41. The van der Waals surface area contributed by atoms with E-state index in [0.29, 0.717) is 0 Å². The lowest BCUT2D eigenvalue weighted by atomic mass is 9.99. The highest BCUT2D eigenvalue weighted by molar-refractivity contribution is 5.97. The number of ether oxygens (including phenoxy) is 2. The smallest absolute Gasteiger partial charge is 0.127 e. The average molecular weight is 216 g/mol. The van der Waals surface area contributed by atoms with Gasteiger partial charge in [-0.2, -0.15) is 0 Å². The van der Waals surface area contributed by atoms with Crippen LogP contribution in [-0.2, 0) is 0 Å². The van der Waals surface area contributed by atoms with E-state index >= 15 is 0 Å². The van der Waals surface area contributed by atoms with Crippen molar-refractivity contribution in [3.63, 3.8) is 0 Å². The van der Waals surface area contributed by atoms with E-state index in [1.54, 1.807) is 14.2 Å². The molecule has 0 aliphatic rings. The molecule has 0 N–H and O–H groups in total. The van der Waals surface area contributed by atoms with Crippen LogP contribution in [0.2, 0.25) is 0 Å². The highest BCUT2D eigenvalue weighted by Gasteiger charge is 2.11. The van der Waals surface area contributed by atoms with Crippen LogP contribution in [0.4, 0.5) is 0 Å². The first kappa shape index (κ1) is 10.8. The third-order valence-electron chi connectivity index (χ3n) is 2.94. The number of benzene rings is 2. The van der Waals surface area contributed by atoms with Crippen molar-refractivity contribution in [1.29, 1.82) is 0 Å². The summed E-state index contributed by atoms with van der Waals surface area (Å²) in [4.78, 5) is 0. The van der Waals surface area contributed by atoms with Crippen LogP contribution in [0.1, 0.15) is 11.1 Å². The molecule has 2 aromatic carbocycles. The van der Waals surface area contributed by atoms with Crippen molar-refractivity contribution in [1.82, 2.24) is 0 Å². The largest absolute Gasteiger partial charge is 0.496 e. The molecule has 0 aromatic heterocycles. The van der Waals surface area contributed by atoms with Gasteiger partial charge in [-0.15, -0.1) is 0 Å². The van der Waals surface area contributed by atoms with Crippen molar-refractivity contribution in [3.05, 3.63) is 35.4 Å². The first-order valence-electron chi connectivity index (χ1n) is 5.30. The number of hydrogen-bond donors (Lipinski definition) is 0. The summed E-state index contributed by atoms with van der Waals surface area (Å²) in [5, 5.41) is 2.28. The number of aryl methyl sites for hydroxylation is 2. The van der Waals surface area contributed by atoms with Crippen LogP contribution in [0.5, 0.6) is 11.5 Å². The normalized spacial score (nSPS) is 10.5. The van der Waals surface area contributed by atoms with Gasteiger partial charge in [0, 0.05) is 10.8 Å². The van der Waals surface area contributed by atoms with Gasteiger partial charge < -0.3 is 9.47 Å². The van der Waals surface area contributed by atoms with Crippen molar-refractivity contribution in [2.24, 2.45) is 0 Å². The summed E-state index contributed by atoms with van der Waals surface area (Å²) >= 11 is 0. The Morgan fingerprint density at radius 3 is 1.38 bits per heavy atom. The van der Waals surface area contributed by atoms with E-state index in [2.05, 4.69) is 26.0 Å². The van der Waals surface area contributed by atoms with Crippen molar-refractivity contribution in [2.75, 3.05) is 14.2 Å². The number of hydrogen-bond acceptors (Lipinski definition) is 2. The monoisotopic (exact) mass is 216 g/mol. The molecule has 0 aliphatic carbocycles. The van der Waals surface area contributed by atoms with Gasteiger partial charge >= 0.3 is 0 Å². The van der Waals surface area contributed by atoms with Gasteiger partial charge in [0.15, 0.2) is 0 Å². The Morgan fingerprint density at radius 1 is 0.688 bits per heavy atom. The molecule has 0 atom stereocenters. The first-order chi connectivity index (χ1) is 7.69. The molecule has 2 rings (SSSR count). The Balaban J connectivity index is 2.94. The van der Waals surface area contributed by atoms with Crippen LogP contribution in [0.25, 0.3) is 10.8 Å². The van der Waals surface area contributed by atoms with E-state index in [-0.39, 0.29) is 0 Å². The number of rotatable bonds is 2. The summed E-state index contributed by atoms with van der Waals surface area (Å²) in [6.45, 7) is 4.17. The molecule has 0 spiro atoms. The lowest BCUT2D eigenvalue weighted by molar-refractivity contribution is 0.415. The van der Waals surface area contributed by atoms with Crippen LogP contribution >= 0.6 is 0 Å². The zero-order chi connectivity index (χ0) is 11.7. The van der Waals surface area contributed by atoms with Crippen molar-refractivity contribution in [3.8, 4) is 11.5 Å². The topological polar surface area (TPSA) is 18.5 Å². The fourth-order valence-electron chi connectivity index (χ4n) is 2.10. The fourth-order valence-corrected chi connectivity index (χ4v) is 2.10. The maximum absolute atomic E-state index is 5.41. The molecule has 2 heteroatoms. The van der Waals surface area contributed by atoms with E-state index in [1.807, 2.05) is 12.1 Å². The number of fused-ring (bicyclic) bond motifs is 1. The van der Waals surface area contributed by atoms with Crippen LogP contribution in [0.3, 0.4) is 0 Å². The molecule has 0 bridgehead atoms. The summed E-state index contributed by atoms with van der Waals surface area (Å²) in [6, 6.07) is 8.13. The second-order valence-corrected chi connectivity index (χ2v) is 3.92. The lowest BCUT2D eigenvalue weighted by Gasteiger charge is -2.13. The lowest BCUT2D eigenvalue weighted by Crippen LogP contribution is -1.93. The molecule has 2 nitrogen and oxygen atoms in total. The summed E-state index contributed by atoms with van der Waals surface area (Å²) in [6.07, 6.45) is 0. The zero-order valence-corrected chi connectivity index (χ0v) is 10.1. The standard InChI is InChI=1S/C14H16O2/c1-9-5-7-12(16-4)14-10(2)6-8-11(15-3)13(9)14/h5-8H,1-4H3. The molecular weight excluding hydrogens is 200 g/mol. The predicted octanol–water partition coefficient (Wildman–Crippen LogP) is 3.47. The average Bonchev–Trinajstić information content (AvgIpc) is 2.31. The van der Waals surface area contributed by atoms with Crippen LogP contribution in [-0.4, -0.2) is 14.2 Å². The van der Waals surface area contributed by atoms with E-state index in [9.17, 15) is 0 Å². The van der Waals surface area contributed by atoms with Crippen molar-refractivity contribution in [2.45, 2.75) is 13.8 Å². The van der Waals surface area contributed by atoms with E-state index in [1.165, 1.54) is 11.1 Å². The minimum absolute atomic E-state index is 0.900. The van der Waals surface area contributed by atoms with Crippen molar-refractivity contribution < 1.29 is 9.47 Å². The quantitative estimate of drug-likeness (QED) is 0.765. The Kier molecular flexibility index (Phi) is 2.73. The molecule has 0 heterocycles.